The van der Waals surface area contributed by atoms with E-state index in [1.807, 2.05) is 20.8 Å². The fourth-order valence-corrected chi connectivity index (χ4v) is 5.22. The maximum Gasteiger partial charge on any atom is 0.332 e. The van der Waals surface area contributed by atoms with Crippen molar-refractivity contribution in [3.8, 4) is 0 Å². The Morgan fingerprint density at radius 2 is 1.83 bits per heavy atom. The van der Waals surface area contributed by atoms with Gasteiger partial charge in [0.15, 0.2) is 8.32 Å². The topological polar surface area (TPSA) is 65.0 Å². The molecule has 5 nitrogen and oxygen atoms in total. The number of esters is 1. The molecule has 2 rings (SSSR count). The van der Waals surface area contributed by atoms with Crippen molar-refractivity contribution in [3.63, 3.8) is 0 Å². The molecule has 29 heavy (non-hydrogen) atoms. The Kier molecular flexibility index (Phi) is 7.80. The van der Waals surface area contributed by atoms with E-state index in [1.165, 1.54) is 5.57 Å². The Morgan fingerprint density at radius 1 is 1.17 bits per heavy atom. The zero-order valence-electron chi connectivity index (χ0n) is 19.7. The lowest BCUT2D eigenvalue weighted by atomic mass is 9.92. The minimum atomic E-state index is -1.81. The number of carbonyl (C=O) groups excluding carboxylic acids is 1. The van der Waals surface area contributed by atoms with Crippen LogP contribution in [0.3, 0.4) is 0 Å². The van der Waals surface area contributed by atoms with Crippen LogP contribution in [-0.2, 0) is 18.7 Å². The highest BCUT2D eigenvalue weighted by Gasteiger charge is 2.47. The first-order valence-electron chi connectivity index (χ1n) is 11.0. The van der Waals surface area contributed by atoms with Crippen molar-refractivity contribution in [2.75, 3.05) is 19.8 Å². The zero-order valence-corrected chi connectivity index (χ0v) is 20.7. The Bertz CT molecular complexity index is 599. The van der Waals surface area contributed by atoms with Gasteiger partial charge in [-0.3, -0.25) is 0 Å². The maximum atomic E-state index is 11.7. The smallest absolute Gasteiger partial charge is 0.332 e. The number of fused-ring (bicyclic) bond motifs is 1. The Labute approximate surface area is 178 Å². The van der Waals surface area contributed by atoms with Crippen LogP contribution >= 0.6 is 0 Å². The van der Waals surface area contributed by atoms with Gasteiger partial charge in [0.1, 0.15) is 12.2 Å². The van der Waals surface area contributed by atoms with Crippen LogP contribution in [0.4, 0.5) is 0 Å². The standard InChI is InChI=1S/C23H42O5Si/c1-22(2,3)28-21(25)15-26-10-9-16-11-17-13-20(24)19(18(17)12-16)14-27-29(7,8)23(4,5)6/h9,17-20,24H,10-15H2,1-8H3/b16-9+/t17-,18-,19+,20+/m0/s1. The molecule has 0 aromatic rings. The predicted octanol–water partition coefficient (Wildman–Crippen LogP) is 4.70. The normalized spacial score (nSPS) is 29.3. The van der Waals surface area contributed by atoms with E-state index in [2.05, 4.69) is 39.9 Å². The molecule has 0 saturated heterocycles. The molecule has 0 bridgehead atoms. The molecule has 2 saturated carbocycles. The lowest BCUT2D eigenvalue weighted by Crippen LogP contribution is -2.43. The second-order valence-electron chi connectivity index (χ2n) is 11.3. The Hall–Kier alpha value is -0.693. The van der Waals surface area contributed by atoms with E-state index < -0.39 is 13.9 Å². The average molecular weight is 427 g/mol. The molecule has 0 aliphatic heterocycles. The molecule has 2 aliphatic rings. The summed E-state index contributed by atoms with van der Waals surface area (Å²) in [7, 11) is -1.81. The first kappa shape index (κ1) is 24.6. The van der Waals surface area contributed by atoms with Crippen LogP contribution in [0, 0.1) is 17.8 Å². The summed E-state index contributed by atoms with van der Waals surface area (Å²) in [6.45, 7) is 17.9. The van der Waals surface area contributed by atoms with E-state index in [9.17, 15) is 9.90 Å². The third kappa shape index (κ3) is 6.91. The molecule has 2 aliphatic carbocycles. The lowest BCUT2D eigenvalue weighted by molar-refractivity contribution is -0.159. The van der Waals surface area contributed by atoms with Crippen molar-refractivity contribution in [3.05, 3.63) is 11.6 Å². The van der Waals surface area contributed by atoms with Gasteiger partial charge in [-0.15, -0.1) is 0 Å². The van der Waals surface area contributed by atoms with Crippen molar-refractivity contribution >= 4 is 14.3 Å². The van der Waals surface area contributed by atoms with Gasteiger partial charge in [-0.1, -0.05) is 32.4 Å². The third-order valence-corrected chi connectivity index (χ3v) is 11.3. The molecule has 0 spiro atoms. The van der Waals surface area contributed by atoms with Crippen molar-refractivity contribution in [1.82, 2.24) is 0 Å². The molecular formula is C23H42O5Si. The van der Waals surface area contributed by atoms with Crippen LogP contribution in [0.1, 0.15) is 60.8 Å². The number of hydrogen-bond acceptors (Lipinski definition) is 5. The van der Waals surface area contributed by atoms with Crippen LogP contribution < -0.4 is 0 Å². The number of rotatable bonds is 7. The van der Waals surface area contributed by atoms with E-state index in [0.29, 0.717) is 25.0 Å². The summed E-state index contributed by atoms with van der Waals surface area (Å²) in [6.07, 6.45) is 4.75. The van der Waals surface area contributed by atoms with Gasteiger partial charge in [-0.25, -0.2) is 4.79 Å². The zero-order chi connectivity index (χ0) is 22.0. The SMILES string of the molecule is CC(C)(C)OC(=O)COC/C=C1\C[C@H]2C[C@@H](O)[C@H](CO[Si](C)(C)C(C)(C)C)[C@H]2C1. The molecule has 0 aromatic carbocycles. The molecule has 168 valence electrons. The largest absolute Gasteiger partial charge is 0.458 e. The van der Waals surface area contributed by atoms with E-state index >= 15 is 0 Å². The van der Waals surface area contributed by atoms with Gasteiger partial charge >= 0.3 is 5.97 Å². The first-order chi connectivity index (χ1) is 13.2. The van der Waals surface area contributed by atoms with Crippen molar-refractivity contribution < 1.29 is 23.8 Å². The highest BCUT2D eigenvalue weighted by atomic mass is 28.4. The molecule has 0 heterocycles. The highest BCUT2D eigenvalue weighted by molar-refractivity contribution is 6.74. The van der Waals surface area contributed by atoms with Gasteiger partial charge < -0.3 is 19.0 Å². The second kappa shape index (κ2) is 9.21. The second-order valence-corrected chi connectivity index (χ2v) is 16.1. The number of aliphatic hydroxyl groups excluding tert-OH is 1. The van der Waals surface area contributed by atoms with E-state index in [4.69, 9.17) is 13.9 Å². The van der Waals surface area contributed by atoms with Crippen molar-refractivity contribution in [2.24, 2.45) is 17.8 Å². The number of hydrogen-bond donors (Lipinski definition) is 1. The van der Waals surface area contributed by atoms with Gasteiger partial charge in [0.25, 0.3) is 0 Å². The summed E-state index contributed by atoms with van der Waals surface area (Å²) in [5, 5.41) is 10.8. The van der Waals surface area contributed by atoms with Gasteiger partial charge in [0.2, 0.25) is 0 Å². The fourth-order valence-electron chi connectivity index (χ4n) is 4.18. The first-order valence-corrected chi connectivity index (χ1v) is 13.9. The van der Waals surface area contributed by atoms with Gasteiger partial charge in [0, 0.05) is 12.5 Å². The third-order valence-electron chi connectivity index (χ3n) is 6.79. The molecule has 0 aromatic heterocycles. The van der Waals surface area contributed by atoms with Gasteiger partial charge in [-0.05, 0) is 70.0 Å². The lowest BCUT2D eigenvalue weighted by Gasteiger charge is -2.38. The Morgan fingerprint density at radius 3 is 2.41 bits per heavy atom. The molecular weight excluding hydrogens is 384 g/mol. The van der Waals surface area contributed by atoms with Crippen LogP contribution in [0.25, 0.3) is 0 Å². The summed E-state index contributed by atoms with van der Waals surface area (Å²) in [5.41, 5.74) is 0.901. The molecule has 0 amide bonds. The van der Waals surface area contributed by atoms with Crippen molar-refractivity contribution in [1.29, 1.82) is 0 Å². The highest BCUT2D eigenvalue weighted by Crippen LogP contribution is 2.50. The van der Waals surface area contributed by atoms with E-state index in [1.54, 1.807) is 0 Å². The maximum absolute atomic E-state index is 11.7. The van der Waals surface area contributed by atoms with Gasteiger partial charge in [-0.2, -0.15) is 0 Å². The minimum Gasteiger partial charge on any atom is -0.458 e. The summed E-state index contributed by atoms with van der Waals surface area (Å²) in [4.78, 5) is 11.7. The number of aliphatic hydroxyl groups is 1. The summed E-state index contributed by atoms with van der Waals surface area (Å²) < 4.78 is 17.2. The number of ether oxygens (including phenoxy) is 2. The van der Waals surface area contributed by atoms with Crippen LogP contribution in [0.5, 0.6) is 0 Å². The van der Waals surface area contributed by atoms with Crippen LogP contribution in [0.2, 0.25) is 18.1 Å². The molecule has 0 unspecified atom stereocenters. The number of allylic oxidation sites excluding steroid dienone is 1. The van der Waals surface area contributed by atoms with Crippen LogP contribution in [0.15, 0.2) is 11.6 Å². The van der Waals surface area contributed by atoms with Crippen LogP contribution in [-0.4, -0.2) is 50.9 Å². The number of carbonyl (C=O) groups is 1. The van der Waals surface area contributed by atoms with E-state index in [-0.39, 0.29) is 29.6 Å². The van der Waals surface area contributed by atoms with Gasteiger partial charge in [0.05, 0.1) is 12.7 Å². The van der Waals surface area contributed by atoms with Crippen molar-refractivity contribution in [2.45, 2.75) is 90.6 Å². The Balaban J connectivity index is 1.82. The van der Waals surface area contributed by atoms with E-state index in [0.717, 1.165) is 19.3 Å². The molecule has 6 heteroatoms. The molecule has 2 fully saturated rings. The monoisotopic (exact) mass is 426 g/mol. The fraction of sp³-hybridized carbons (Fsp3) is 0.870. The summed E-state index contributed by atoms with van der Waals surface area (Å²) in [5.74, 6) is 0.926. The molecule has 4 atom stereocenters. The predicted molar refractivity (Wildman–Crippen MR) is 118 cm³/mol. The summed E-state index contributed by atoms with van der Waals surface area (Å²) in [6, 6.07) is 0. The molecule has 0 radical (unpaired) electrons. The summed E-state index contributed by atoms with van der Waals surface area (Å²) >= 11 is 0. The molecule has 1 N–H and O–H groups in total. The average Bonchev–Trinajstić information content (AvgIpc) is 3.03. The quantitative estimate of drug-likeness (QED) is 0.277. The minimum absolute atomic E-state index is 0.0183.